The number of β-amino-alcohol motifs (C(OH)–C–C–N with tert-alkyl or cyclic N) is 1. The number of aromatic nitrogens is 2. The number of hydrogen-bond acceptors (Lipinski definition) is 3. The van der Waals surface area contributed by atoms with Gasteiger partial charge in [-0.25, -0.2) is 9.07 Å². The third-order valence-corrected chi connectivity index (χ3v) is 3.69. The molecule has 0 saturated carbocycles. The lowest BCUT2D eigenvalue weighted by atomic mass is 10.2. The van der Waals surface area contributed by atoms with Crippen LogP contribution in [0.3, 0.4) is 0 Å². The fourth-order valence-electron chi connectivity index (χ4n) is 2.63. The summed E-state index contributed by atoms with van der Waals surface area (Å²) in [5.74, 6) is -0.568. The molecule has 0 radical (unpaired) electrons. The lowest BCUT2D eigenvalue weighted by Crippen LogP contribution is -2.34. The van der Waals surface area contributed by atoms with Crippen LogP contribution in [0.25, 0.3) is 5.69 Å². The van der Waals surface area contributed by atoms with E-state index in [1.54, 1.807) is 29.3 Å². The van der Waals surface area contributed by atoms with Gasteiger partial charge in [0.2, 0.25) is 0 Å². The first-order valence-electron chi connectivity index (χ1n) is 6.85. The highest BCUT2D eigenvalue weighted by atomic mass is 19.1. The van der Waals surface area contributed by atoms with E-state index in [0.717, 1.165) is 0 Å². The van der Waals surface area contributed by atoms with Crippen molar-refractivity contribution < 1.29 is 14.3 Å². The molecule has 1 saturated heterocycles. The molecule has 0 bridgehead atoms. The van der Waals surface area contributed by atoms with Crippen molar-refractivity contribution in [2.45, 2.75) is 25.5 Å². The standard InChI is InChI=1S/C15H16FN3O2/c1-10-7-13(20)9-18(10)15(21)14-5-6-19(17-14)12-4-2-3-11(16)8-12/h2-6,8,10,13,20H,7,9H2,1H3/t10-,13+/m0/s1. The average Bonchev–Trinajstić information content (AvgIpc) is 3.05. The second kappa shape index (κ2) is 5.29. The molecule has 3 rings (SSSR count). The summed E-state index contributed by atoms with van der Waals surface area (Å²) >= 11 is 0. The average molecular weight is 289 g/mol. The van der Waals surface area contributed by atoms with E-state index >= 15 is 0 Å². The fraction of sp³-hybridized carbons (Fsp3) is 0.333. The molecule has 110 valence electrons. The summed E-state index contributed by atoms with van der Waals surface area (Å²) in [7, 11) is 0. The van der Waals surface area contributed by atoms with Crippen LogP contribution in [-0.4, -0.2) is 44.4 Å². The summed E-state index contributed by atoms with van der Waals surface area (Å²) < 4.78 is 14.7. The maximum atomic E-state index is 13.2. The Kier molecular flexibility index (Phi) is 3.47. The number of likely N-dealkylation sites (tertiary alicyclic amines) is 1. The molecule has 1 N–H and O–H groups in total. The Hall–Kier alpha value is -2.21. The molecule has 1 fully saturated rings. The second-order valence-electron chi connectivity index (χ2n) is 5.32. The maximum absolute atomic E-state index is 13.2. The van der Waals surface area contributed by atoms with E-state index in [1.807, 2.05) is 6.92 Å². The van der Waals surface area contributed by atoms with E-state index in [2.05, 4.69) is 5.10 Å². The van der Waals surface area contributed by atoms with Gasteiger partial charge >= 0.3 is 0 Å². The Morgan fingerprint density at radius 3 is 2.90 bits per heavy atom. The number of benzene rings is 1. The van der Waals surface area contributed by atoms with E-state index in [0.29, 0.717) is 24.3 Å². The molecule has 1 aromatic carbocycles. The molecule has 6 heteroatoms. The van der Waals surface area contributed by atoms with Crippen molar-refractivity contribution in [1.29, 1.82) is 0 Å². The Bertz CT molecular complexity index is 670. The van der Waals surface area contributed by atoms with Crippen molar-refractivity contribution in [2.75, 3.05) is 6.54 Å². The zero-order valence-electron chi connectivity index (χ0n) is 11.6. The molecule has 1 amide bonds. The molecule has 2 atom stereocenters. The van der Waals surface area contributed by atoms with Crippen LogP contribution in [-0.2, 0) is 0 Å². The molecular weight excluding hydrogens is 273 g/mol. The van der Waals surface area contributed by atoms with E-state index in [4.69, 9.17) is 0 Å². The highest BCUT2D eigenvalue weighted by Crippen LogP contribution is 2.20. The molecule has 21 heavy (non-hydrogen) atoms. The molecule has 5 nitrogen and oxygen atoms in total. The minimum Gasteiger partial charge on any atom is -0.391 e. The van der Waals surface area contributed by atoms with Gasteiger partial charge in [0.05, 0.1) is 11.8 Å². The Labute approximate surface area is 121 Å². The highest BCUT2D eigenvalue weighted by molar-refractivity contribution is 5.92. The van der Waals surface area contributed by atoms with E-state index in [-0.39, 0.29) is 17.8 Å². The lowest BCUT2D eigenvalue weighted by Gasteiger charge is -2.19. The van der Waals surface area contributed by atoms with E-state index < -0.39 is 6.10 Å². The lowest BCUT2D eigenvalue weighted by molar-refractivity contribution is 0.0719. The zero-order valence-corrected chi connectivity index (χ0v) is 11.6. The monoisotopic (exact) mass is 289 g/mol. The molecule has 1 aliphatic heterocycles. The Morgan fingerprint density at radius 1 is 1.43 bits per heavy atom. The van der Waals surface area contributed by atoms with Crippen molar-refractivity contribution in [3.63, 3.8) is 0 Å². The van der Waals surface area contributed by atoms with Crippen molar-refractivity contribution in [3.8, 4) is 5.69 Å². The Morgan fingerprint density at radius 2 is 2.24 bits per heavy atom. The Balaban J connectivity index is 1.83. The third kappa shape index (κ3) is 2.67. The molecule has 2 aromatic rings. The molecule has 1 aliphatic rings. The predicted octanol–water partition coefficient (Wildman–Crippen LogP) is 1.61. The van der Waals surface area contributed by atoms with Gasteiger partial charge < -0.3 is 10.0 Å². The quantitative estimate of drug-likeness (QED) is 0.913. The van der Waals surface area contributed by atoms with Crippen LogP contribution in [0.5, 0.6) is 0 Å². The zero-order chi connectivity index (χ0) is 15.0. The molecule has 0 unspecified atom stereocenters. The number of amides is 1. The fourth-order valence-corrected chi connectivity index (χ4v) is 2.63. The second-order valence-corrected chi connectivity index (χ2v) is 5.32. The number of halogens is 1. The molecule has 0 spiro atoms. The van der Waals surface area contributed by atoms with Crippen LogP contribution in [0.15, 0.2) is 36.5 Å². The number of rotatable bonds is 2. The van der Waals surface area contributed by atoms with Gasteiger partial charge in [-0.3, -0.25) is 4.79 Å². The smallest absolute Gasteiger partial charge is 0.274 e. The van der Waals surface area contributed by atoms with Crippen molar-refractivity contribution in [2.24, 2.45) is 0 Å². The SMILES string of the molecule is C[C@H]1C[C@@H](O)CN1C(=O)c1ccn(-c2cccc(F)c2)n1. The van der Waals surface area contributed by atoms with Gasteiger partial charge in [0.1, 0.15) is 5.82 Å². The molecular formula is C15H16FN3O2. The van der Waals surface area contributed by atoms with Crippen LogP contribution >= 0.6 is 0 Å². The van der Waals surface area contributed by atoms with Gasteiger partial charge in [-0.2, -0.15) is 5.10 Å². The number of carbonyl (C=O) groups excluding carboxylic acids is 1. The number of aliphatic hydroxyl groups excluding tert-OH is 1. The number of nitrogens with zero attached hydrogens (tertiary/aromatic N) is 3. The van der Waals surface area contributed by atoms with Crippen LogP contribution in [0.4, 0.5) is 4.39 Å². The minimum absolute atomic E-state index is 0.00757. The summed E-state index contributed by atoms with van der Waals surface area (Å²) in [4.78, 5) is 14.0. The summed E-state index contributed by atoms with van der Waals surface area (Å²) in [6, 6.07) is 7.60. The van der Waals surface area contributed by atoms with Crippen LogP contribution < -0.4 is 0 Å². The van der Waals surface area contributed by atoms with E-state index in [9.17, 15) is 14.3 Å². The highest BCUT2D eigenvalue weighted by Gasteiger charge is 2.32. The van der Waals surface area contributed by atoms with Crippen molar-refractivity contribution >= 4 is 5.91 Å². The van der Waals surface area contributed by atoms with Gasteiger partial charge in [0, 0.05) is 18.8 Å². The summed E-state index contributed by atoms with van der Waals surface area (Å²) in [6.07, 6.45) is 1.73. The van der Waals surface area contributed by atoms with Crippen molar-refractivity contribution in [3.05, 3.63) is 48.0 Å². The summed E-state index contributed by atoms with van der Waals surface area (Å²) in [5.41, 5.74) is 0.851. The van der Waals surface area contributed by atoms with Crippen LogP contribution in [0.2, 0.25) is 0 Å². The van der Waals surface area contributed by atoms with Gasteiger partial charge in [-0.15, -0.1) is 0 Å². The minimum atomic E-state index is -0.478. The largest absolute Gasteiger partial charge is 0.391 e. The van der Waals surface area contributed by atoms with Gasteiger partial charge in [0.25, 0.3) is 5.91 Å². The van der Waals surface area contributed by atoms with Crippen molar-refractivity contribution in [1.82, 2.24) is 14.7 Å². The van der Waals surface area contributed by atoms with Crippen LogP contribution in [0.1, 0.15) is 23.8 Å². The predicted molar refractivity (Wildman–Crippen MR) is 74.6 cm³/mol. The first-order valence-corrected chi connectivity index (χ1v) is 6.85. The topological polar surface area (TPSA) is 58.4 Å². The first-order chi connectivity index (χ1) is 10.0. The third-order valence-electron chi connectivity index (χ3n) is 3.69. The maximum Gasteiger partial charge on any atom is 0.274 e. The number of hydrogen-bond donors (Lipinski definition) is 1. The summed E-state index contributed by atoms with van der Waals surface area (Å²) in [6.45, 7) is 2.23. The first kappa shape index (κ1) is 13.8. The van der Waals surface area contributed by atoms with E-state index in [1.165, 1.54) is 16.8 Å². The summed E-state index contributed by atoms with van der Waals surface area (Å²) in [5, 5.41) is 13.8. The van der Waals surface area contributed by atoms with Gasteiger partial charge in [0.15, 0.2) is 5.69 Å². The molecule has 1 aromatic heterocycles. The molecule has 2 heterocycles. The number of aliphatic hydroxyl groups is 1. The molecule has 0 aliphatic carbocycles. The van der Waals surface area contributed by atoms with Gasteiger partial charge in [-0.1, -0.05) is 6.07 Å². The van der Waals surface area contributed by atoms with Crippen LogP contribution in [0, 0.1) is 5.82 Å². The van der Waals surface area contributed by atoms with Gasteiger partial charge in [-0.05, 0) is 37.6 Å². The number of carbonyl (C=O) groups is 1. The normalized spacial score (nSPS) is 21.8.